The zero-order chi connectivity index (χ0) is 21.3. The van der Waals surface area contributed by atoms with Crippen molar-refractivity contribution in [3.05, 3.63) is 66.5 Å². The molecule has 3 aromatic rings. The van der Waals surface area contributed by atoms with Crippen molar-refractivity contribution in [3.63, 3.8) is 0 Å². The fourth-order valence-electron chi connectivity index (χ4n) is 3.11. The molecule has 1 aromatic heterocycles. The van der Waals surface area contributed by atoms with Crippen molar-refractivity contribution in [2.45, 2.75) is 26.7 Å². The second kappa shape index (κ2) is 10.4. The first kappa shape index (κ1) is 21.3. The first-order valence-corrected chi connectivity index (χ1v) is 10.2. The van der Waals surface area contributed by atoms with Gasteiger partial charge in [0.2, 0.25) is 0 Å². The number of rotatable bonds is 9. The van der Waals surface area contributed by atoms with Crippen LogP contribution in [0.5, 0.6) is 17.5 Å². The lowest BCUT2D eigenvalue weighted by Crippen LogP contribution is -2.32. The zero-order valence-electron chi connectivity index (χ0n) is 17.7. The van der Waals surface area contributed by atoms with Gasteiger partial charge in [0, 0.05) is 36.6 Å². The van der Waals surface area contributed by atoms with Crippen molar-refractivity contribution in [3.8, 4) is 28.6 Å². The van der Waals surface area contributed by atoms with Crippen molar-refractivity contribution in [2.24, 2.45) is 0 Å². The molecule has 0 aliphatic rings. The number of amides is 1. The van der Waals surface area contributed by atoms with E-state index >= 15 is 0 Å². The average molecular weight is 405 g/mol. The molecule has 0 saturated carbocycles. The highest BCUT2D eigenvalue weighted by atomic mass is 16.5. The van der Waals surface area contributed by atoms with Crippen molar-refractivity contribution >= 4 is 5.91 Å². The third kappa shape index (κ3) is 5.35. The third-order valence-electron chi connectivity index (χ3n) is 4.64. The van der Waals surface area contributed by atoms with Gasteiger partial charge < -0.3 is 14.4 Å². The molecule has 0 saturated heterocycles. The molecule has 0 aliphatic heterocycles. The van der Waals surface area contributed by atoms with Crippen LogP contribution in [0.15, 0.2) is 60.9 Å². The number of ether oxygens (including phenoxy) is 2. The Bertz CT molecular complexity index is 933. The molecule has 1 amide bonds. The van der Waals surface area contributed by atoms with E-state index in [9.17, 15) is 4.79 Å². The molecule has 0 bridgehead atoms. The number of aromatic nitrogens is 2. The second-order valence-corrected chi connectivity index (χ2v) is 6.90. The number of carbonyl (C=O) groups is 1. The maximum atomic E-state index is 12.7. The van der Waals surface area contributed by atoms with Gasteiger partial charge >= 0.3 is 6.01 Å². The molecule has 0 N–H and O–H groups in total. The Morgan fingerprint density at radius 2 is 1.40 bits per heavy atom. The number of carbonyl (C=O) groups excluding carboxylic acids is 1. The van der Waals surface area contributed by atoms with Gasteiger partial charge in [-0.2, -0.15) is 0 Å². The minimum absolute atomic E-state index is 0.0738. The maximum absolute atomic E-state index is 12.7. The zero-order valence-corrected chi connectivity index (χ0v) is 17.7. The van der Waals surface area contributed by atoms with Crippen molar-refractivity contribution in [1.29, 1.82) is 0 Å². The van der Waals surface area contributed by atoms with E-state index in [1.165, 1.54) is 0 Å². The van der Waals surface area contributed by atoms with Crippen LogP contribution in [0.4, 0.5) is 0 Å². The molecule has 0 fully saturated rings. The van der Waals surface area contributed by atoms with E-state index in [0.717, 1.165) is 42.8 Å². The Morgan fingerprint density at radius 1 is 0.833 bits per heavy atom. The lowest BCUT2D eigenvalue weighted by Gasteiger charge is -2.21. The maximum Gasteiger partial charge on any atom is 0.321 e. The Hall–Kier alpha value is -3.41. The summed E-state index contributed by atoms with van der Waals surface area (Å²) >= 11 is 0. The predicted molar refractivity (Wildman–Crippen MR) is 117 cm³/mol. The topological polar surface area (TPSA) is 64.6 Å². The summed E-state index contributed by atoms with van der Waals surface area (Å²) in [7, 11) is 1.62. The molecule has 0 aliphatic carbocycles. The minimum Gasteiger partial charge on any atom is -0.497 e. The number of hydrogen-bond acceptors (Lipinski definition) is 5. The van der Waals surface area contributed by atoms with Crippen LogP contribution in [0.1, 0.15) is 37.0 Å². The minimum atomic E-state index is 0.0738. The first-order chi connectivity index (χ1) is 14.6. The summed E-state index contributed by atoms with van der Waals surface area (Å²) in [5, 5.41) is 0. The van der Waals surface area contributed by atoms with Gasteiger partial charge in [0.25, 0.3) is 5.91 Å². The molecule has 0 atom stereocenters. The quantitative estimate of drug-likeness (QED) is 0.489. The third-order valence-corrected chi connectivity index (χ3v) is 4.64. The number of methoxy groups -OCH3 is 1. The van der Waals surface area contributed by atoms with Gasteiger partial charge in [-0.05, 0) is 54.8 Å². The lowest BCUT2D eigenvalue weighted by atomic mass is 10.1. The van der Waals surface area contributed by atoms with E-state index in [1.54, 1.807) is 31.6 Å². The fourth-order valence-corrected chi connectivity index (χ4v) is 3.11. The van der Waals surface area contributed by atoms with Crippen LogP contribution in [-0.2, 0) is 0 Å². The van der Waals surface area contributed by atoms with Gasteiger partial charge in [0.1, 0.15) is 11.5 Å². The van der Waals surface area contributed by atoms with E-state index in [0.29, 0.717) is 11.3 Å². The number of benzene rings is 2. The normalized spacial score (nSPS) is 10.5. The van der Waals surface area contributed by atoms with Crippen LogP contribution in [0, 0.1) is 0 Å². The van der Waals surface area contributed by atoms with Crippen LogP contribution in [-0.4, -0.2) is 41.0 Å². The Labute approximate surface area is 177 Å². The van der Waals surface area contributed by atoms with Crippen LogP contribution < -0.4 is 9.47 Å². The van der Waals surface area contributed by atoms with E-state index < -0.39 is 0 Å². The van der Waals surface area contributed by atoms with Gasteiger partial charge in [-0.3, -0.25) is 4.79 Å². The monoisotopic (exact) mass is 405 g/mol. The van der Waals surface area contributed by atoms with Crippen LogP contribution in [0.25, 0.3) is 11.1 Å². The summed E-state index contributed by atoms with van der Waals surface area (Å²) in [6.45, 7) is 5.72. The van der Waals surface area contributed by atoms with E-state index in [2.05, 4.69) is 23.8 Å². The Kier molecular flexibility index (Phi) is 7.38. The van der Waals surface area contributed by atoms with Crippen LogP contribution in [0.3, 0.4) is 0 Å². The van der Waals surface area contributed by atoms with E-state index in [1.807, 2.05) is 41.3 Å². The standard InChI is InChI=1S/C24H27N3O3/c1-4-14-27(15-5-2)23(28)19-8-6-18(7-9-19)20-16-25-24(26-17-20)30-22-12-10-21(29-3)11-13-22/h6-13,16-17H,4-5,14-15H2,1-3H3. The summed E-state index contributed by atoms with van der Waals surface area (Å²) in [4.78, 5) is 23.2. The molecule has 0 spiro atoms. The Morgan fingerprint density at radius 3 is 1.93 bits per heavy atom. The summed E-state index contributed by atoms with van der Waals surface area (Å²) < 4.78 is 10.8. The van der Waals surface area contributed by atoms with Crippen molar-refractivity contribution in [1.82, 2.24) is 14.9 Å². The van der Waals surface area contributed by atoms with Gasteiger partial charge in [-0.25, -0.2) is 9.97 Å². The summed E-state index contributed by atoms with van der Waals surface area (Å²) in [5.74, 6) is 1.47. The second-order valence-electron chi connectivity index (χ2n) is 6.90. The van der Waals surface area contributed by atoms with E-state index in [-0.39, 0.29) is 11.9 Å². The molecule has 0 unspecified atom stereocenters. The highest BCUT2D eigenvalue weighted by Gasteiger charge is 2.14. The molecule has 1 heterocycles. The van der Waals surface area contributed by atoms with Crippen LogP contribution >= 0.6 is 0 Å². The molecule has 30 heavy (non-hydrogen) atoms. The molecule has 3 rings (SSSR count). The van der Waals surface area contributed by atoms with Crippen LogP contribution in [0.2, 0.25) is 0 Å². The summed E-state index contributed by atoms with van der Waals surface area (Å²) in [6.07, 6.45) is 5.32. The Balaban J connectivity index is 1.68. The smallest absolute Gasteiger partial charge is 0.321 e. The van der Waals surface area contributed by atoms with Gasteiger partial charge in [0.15, 0.2) is 0 Å². The molecular formula is C24H27N3O3. The van der Waals surface area contributed by atoms with Crippen molar-refractivity contribution in [2.75, 3.05) is 20.2 Å². The highest BCUT2D eigenvalue weighted by Crippen LogP contribution is 2.23. The summed E-state index contributed by atoms with van der Waals surface area (Å²) in [5.41, 5.74) is 2.50. The van der Waals surface area contributed by atoms with Gasteiger partial charge in [-0.15, -0.1) is 0 Å². The molecule has 6 nitrogen and oxygen atoms in total. The molecule has 6 heteroatoms. The molecular weight excluding hydrogens is 378 g/mol. The largest absolute Gasteiger partial charge is 0.497 e. The molecule has 2 aromatic carbocycles. The van der Waals surface area contributed by atoms with E-state index in [4.69, 9.17) is 9.47 Å². The summed E-state index contributed by atoms with van der Waals surface area (Å²) in [6, 6.07) is 15.1. The average Bonchev–Trinajstić information content (AvgIpc) is 2.80. The fraction of sp³-hybridized carbons (Fsp3) is 0.292. The number of hydrogen-bond donors (Lipinski definition) is 0. The first-order valence-electron chi connectivity index (χ1n) is 10.2. The lowest BCUT2D eigenvalue weighted by molar-refractivity contribution is 0.0755. The van der Waals surface area contributed by atoms with Crippen molar-refractivity contribution < 1.29 is 14.3 Å². The number of nitrogens with zero attached hydrogens (tertiary/aromatic N) is 3. The highest BCUT2D eigenvalue weighted by molar-refractivity contribution is 5.94. The van der Waals surface area contributed by atoms with Gasteiger partial charge in [0.05, 0.1) is 7.11 Å². The van der Waals surface area contributed by atoms with Gasteiger partial charge in [-0.1, -0.05) is 26.0 Å². The molecule has 0 radical (unpaired) electrons. The predicted octanol–water partition coefficient (Wildman–Crippen LogP) is 5.21. The molecule has 156 valence electrons. The SMILES string of the molecule is CCCN(CCC)C(=O)c1ccc(-c2cnc(Oc3ccc(OC)cc3)nc2)cc1.